The average molecular weight is 329 g/mol. The van der Waals surface area contributed by atoms with E-state index < -0.39 is 0 Å². The topological polar surface area (TPSA) is 46.8 Å². The Balaban J connectivity index is 2.03. The number of rotatable bonds is 3. The van der Waals surface area contributed by atoms with Crippen molar-refractivity contribution in [2.75, 3.05) is 13.2 Å². The molecule has 0 aliphatic carbocycles. The molecule has 0 bridgehead atoms. The van der Waals surface area contributed by atoms with Crippen molar-refractivity contribution in [2.45, 2.75) is 52.7 Å². The average Bonchev–Trinajstić information content (AvgIpc) is 2.87. The highest BCUT2D eigenvalue weighted by Crippen LogP contribution is 2.26. The molecule has 0 radical (unpaired) electrons. The molecule has 130 valence electrons. The van der Waals surface area contributed by atoms with Crippen molar-refractivity contribution in [3.8, 4) is 0 Å². The quantitative estimate of drug-likeness (QED) is 0.869. The van der Waals surface area contributed by atoms with Crippen molar-refractivity contribution in [2.24, 2.45) is 5.92 Å². The standard InChI is InChI=1S/C19H27N3O2/c1-13(2)10-16-20-17(15-8-6-7-9-21(15)16)18(23)22-11-14(3)24-12-19(22,4)5/h6-9,13-14H,10-12H2,1-5H3. The highest BCUT2D eigenvalue weighted by atomic mass is 16.5. The molecule has 1 aliphatic heterocycles. The maximum Gasteiger partial charge on any atom is 0.275 e. The molecule has 24 heavy (non-hydrogen) atoms. The minimum atomic E-state index is -0.327. The number of hydrogen-bond donors (Lipinski definition) is 0. The highest BCUT2D eigenvalue weighted by Gasteiger charge is 2.38. The van der Waals surface area contributed by atoms with Crippen LogP contribution in [0.4, 0.5) is 0 Å². The van der Waals surface area contributed by atoms with Crippen LogP contribution in [-0.4, -0.2) is 45.0 Å². The maximum absolute atomic E-state index is 13.3. The van der Waals surface area contributed by atoms with Gasteiger partial charge in [-0.3, -0.25) is 4.79 Å². The van der Waals surface area contributed by atoms with Gasteiger partial charge in [-0.15, -0.1) is 0 Å². The number of imidazole rings is 1. The minimum absolute atomic E-state index is 0.00569. The Hall–Kier alpha value is -1.88. The SMILES string of the molecule is CC(C)Cc1nc(C(=O)N2CC(C)OCC2(C)C)c2ccccn12. The monoisotopic (exact) mass is 329 g/mol. The highest BCUT2D eigenvalue weighted by molar-refractivity contribution is 5.99. The van der Waals surface area contributed by atoms with Crippen LogP contribution in [0.5, 0.6) is 0 Å². The van der Waals surface area contributed by atoms with E-state index in [4.69, 9.17) is 9.72 Å². The molecule has 3 heterocycles. The van der Waals surface area contributed by atoms with Crippen molar-refractivity contribution in [3.63, 3.8) is 0 Å². The zero-order valence-electron chi connectivity index (χ0n) is 15.2. The first-order chi connectivity index (χ1) is 11.3. The number of fused-ring (bicyclic) bond motifs is 1. The summed E-state index contributed by atoms with van der Waals surface area (Å²) in [6, 6.07) is 5.91. The van der Waals surface area contributed by atoms with Crippen LogP contribution in [0.25, 0.3) is 5.52 Å². The lowest BCUT2D eigenvalue weighted by molar-refractivity contribution is -0.0756. The van der Waals surface area contributed by atoms with Crippen LogP contribution in [0.1, 0.15) is 50.9 Å². The van der Waals surface area contributed by atoms with Crippen molar-refractivity contribution in [3.05, 3.63) is 35.9 Å². The Labute approximate surface area is 143 Å². The molecule has 1 saturated heterocycles. The van der Waals surface area contributed by atoms with Crippen LogP contribution >= 0.6 is 0 Å². The minimum Gasteiger partial charge on any atom is -0.374 e. The van der Waals surface area contributed by atoms with E-state index in [-0.39, 0.29) is 17.6 Å². The zero-order valence-corrected chi connectivity index (χ0v) is 15.2. The molecule has 3 rings (SSSR count). The molecule has 1 unspecified atom stereocenters. The molecular weight excluding hydrogens is 302 g/mol. The van der Waals surface area contributed by atoms with Gasteiger partial charge in [0, 0.05) is 19.2 Å². The van der Waals surface area contributed by atoms with E-state index in [0.717, 1.165) is 17.8 Å². The number of ether oxygens (including phenoxy) is 1. The van der Waals surface area contributed by atoms with Crippen LogP contribution < -0.4 is 0 Å². The van der Waals surface area contributed by atoms with Crippen molar-refractivity contribution in [1.82, 2.24) is 14.3 Å². The van der Waals surface area contributed by atoms with E-state index in [1.165, 1.54) is 0 Å². The molecule has 0 saturated carbocycles. The summed E-state index contributed by atoms with van der Waals surface area (Å²) < 4.78 is 7.78. The fraction of sp³-hybridized carbons (Fsp3) is 0.579. The summed E-state index contributed by atoms with van der Waals surface area (Å²) in [5.74, 6) is 1.43. The van der Waals surface area contributed by atoms with Crippen molar-refractivity contribution in [1.29, 1.82) is 0 Å². The molecule has 0 N–H and O–H groups in total. The maximum atomic E-state index is 13.3. The normalized spacial score (nSPS) is 20.8. The Morgan fingerprint density at radius 2 is 2.17 bits per heavy atom. The number of nitrogens with zero attached hydrogens (tertiary/aromatic N) is 3. The van der Waals surface area contributed by atoms with Crippen LogP contribution in [-0.2, 0) is 11.2 Å². The fourth-order valence-electron chi connectivity index (χ4n) is 3.23. The van der Waals surface area contributed by atoms with Gasteiger partial charge in [-0.2, -0.15) is 0 Å². The molecule has 1 aliphatic rings. The lowest BCUT2D eigenvalue weighted by Gasteiger charge is -2.44. The molecule has 0 spiro atoms. The van der Waals surface area contributed by atoms with Crippen LogP contribution in [0, 0.1) is 5.92 Å². The van der Waals surface area contributed by atoms with Gasteiger partial charge in [0.05, 0.1) is 23.8 Å². The van der Waals surface area contributed by atoms with E-state index in [2.05, 4.69) is 13.8 Å². The second kappa shape index (κ2) is 6.20. The lowest BCUT2D eigenvalue weighted by Crippen LogP contribution is -2.57. The summed E-state index contributed by atoms with van der Waals surface area (Å²) in [5, 5.41) is 0. The molecule has 2 aromatic rings. The Morgan fingerprint density at radius 3 is 2.88 bits per heavy atom. The van der Waals surface area contributed by atoms with E-state index >= 15 is 0 Å². The number of aromatic nitrogens is 2. The van der Waals surface area contributed by atoms with Gasteiger partial charge in [-0.05, 0) is 38.8 Å². The lowest BCUT2D eigenvalue weighted by atomic mass is 10.0. The molecule has 1 amide bonds. The second-order valence-electron chi connectivity index (χ2n) is 7.78. The molecule has 5 heteroatoms. The van der Waals surface area contributed by atoms with Gasteiger partial charge in [0.15, 0.2) is 5.69 Å². The van der Waals surface area contributed by atoms with E-state index in [0.29, 0.717) is 24.8 Å². The Morgan fingerprint density at radius 1 is 1.42 bits per heavy atom. The summed E-state index contributed by atoms with van der Waals surface area (Å²) in [6.45, 7) is 11.6. The summed E-state index contributed by atoms with van der Waals surface area (Å²) in [7, 11) is 0. The first kappa shape index (κ1) is 17.0. The smallest absolute Gasteiger partial charge is 0.275 e. The van der Waals surface area contributed by atoms with Gasteiger partial charge >= 0.3 is 0 Å². The van der Waals surface area contributed by atoms with Gasteiger partial charge in [-0.25, -0.2) is 4.98 Å². The van der Waals surface area contributed by atoms with Gasteiger partial charge in [-0.1, -0.05) is 19.9 Å². The number of amides is 1. The third kappa shape index (κ3) is 3.05. The molecule has 1 fully saturated rings. The second-order valence-corrected chi connectivity index (χ2v) is 7.78. The van der Waals surface area contributed by atoms with Gasteiger partial charge in [0.1, 0.15) is 5.82 Å². The largest absolute Gasteiger partial charge is 0.374 e. The van der Waals surface area contributed by atoms with E-state index in [1.54, 1.807) is 0 Å². The van der Waals surface area contributed by atoms with Crippen molar-refractivity contribution >= 4 is 11.4 Å². The number of carbonyl (C=O) groups excluding carboxylic acids is 1. The zero-order chi connectivity index (χ0) is 17.5. The van der Waals surface area contributed by atoms with Gasteiger partial charge in [0.25, 0.3) is 5.91 Å². The number of morpholine rings is 1. The predicted octanol–water partition coefficient (Wildman–Crippen LogP) is 3.17. The van der Waals surface area contributed by atoms with Crippen LogP contribution in [0.15, 0.2) is 24.4 Å². The van der Waals surface area contributed by atoms with Crippen LogP contribution in [0.3, 0.4) is 0 Å². The predicted molar refractivity (Wildman–Crippen MR) is 94.3 cm³/mol. The van der Waals surface area contributed by atoms with Crippen LogP contribution in [0.2, 0.25) is 0 Å². The van der Waals surface area contributed by atoms with Gasteiger partial charge in [0.2, 0.25) is 0 Å². The number of pyridine rings is 1. The Bertz CT molecular complexity index is 748. The first-order valence-electron chi connectivity index (χ1n) is 8.69. The number of hydrogen-bond acceptors (Lipinski definition) is 3. The summed E-state index contributed by atoms with van der Waals surface area (Å²) >= 11 is 0. The third-order valence-electron chi connectivity index (χ3n) is 4.55. The molecule has 0 aromatic carbocycles. The molecule has 5 nitrogen and oxygen atoms in total. The van der Waals surface area contributed by atoms with Crippen molar-refractivity contribution < 1.29 is 9.53 Å². The third-order valence-corrected chi connectivity index (χ3v) is 4.55. The molecule has 1 atom stereocenters. The Kier molecular flexibility index (Phi) is 4.38. The summed E-state index contributed by atoms with van der Waals surface area (Å²) in [5.41, 5.74) is 1.11. The molecule has 2 aromatic heterocycles. The molecular formula is C19H27N3O2. The summed E-state index contributed by atoms with van der Waals surface area (Å²) in [4.78, 5) is 19.9. The van der Waals surface area contributed by atoms with E-state index in [9.17, 15) is 4.79 Å². The van der Waals surface area contributed by atoms with E-state index in [1.807, 2.05) is 54.5 Å². The summed E-state index contributed by atoms with van der Waals surface area (Å²) in [6.07, 6.45) is 2.89. The van der Waals surface area contributed by atoms with Gasteiger partial charge < -0.3 is 14.0 Å². The fourth-order valence-corrected chi connectivity index (χ4v) is 3.23. The number of carbonyl (C=O) groups is 1. The first-order valence-corrected chi connectivity index (χ1v) is 8.69.